The fourth-order valence-corrected chi connectivity index (χ4v) is 2.81. The van der Waals surface area contributed by atoms with Crippen LogP contribution in [-0.2, 0) is 0 Å². The molecule has 0 nitrogen and oxygen atoms in total. The Bertz CT molecular complexity index is 364. The van der Waals surface area contributed by atoms with Crippen LogP contribution < -0.4 is 0 Å². The second-order valence-electron chi connectivity index (χ2n) is 7.51. The number of allylic oxidation sites excluding steroid dienone is 6. The van der Waals surface area contributed by atoms with Crippen LogP contribution >= 0.6 is 0 Å². The van der Waals surface area contributed by atoms with Gasteiger partial charge in [-0.15, -0.1) is 0 Å². The zero-order valence-electron chi connectivity index (χ0n) is 13.3. The van der Waals surface area contributed by atoms with Gasteiger partial charge in [-0.2, -0.15) is 0 Å². The molecule has 0 spiro atoms. The van der Waals surface area contributed by atoms with Crippen LogP contribution in [0.3, 0.4) is 0 Å². The molecule has 1 atom stereocenters. The van der Waals surface area contributed by atoms with Gasteiger partial charge in [-0.25, -0.2) is 0 Å². The Morgan fingerprint density at radius 2 is 1.61 bits per heavy atom. The molecule has 0 radical (unpaired) electrons. The predicted octanol–water partition coefficient (Wildman–Crippen LogP) is 5.92. The summed E-state index contributed by atoms with van der Waals surface area (Å²) in [6, 6.07) is 0. The molecule has 0 aromatic heterocycles. The third-order valence-corrected chi connectivity index (χ3v) is 3.87. The third-order valence-electron chi connectivity index (χ3n) is 3.87. The summed E-state index contributed by atoms with van der Waals surface area (Å²) in [5.74, 6) is 0.654. The van der Waals surface area contributed by atoms with Crippen LogP contribution in [0, 0.1) is 16.7 Å². The SMILES string of the molecule is CCC(C1=CCC=C(C(C)(C)C)C=C1)C(C)(C)C. The van der Waals surface area contributed by atoms with E-state index in [1.54, 1.807) is 0 Å². The molecule has 1 rings (SSSR count). The molecular formula is C18H30. The molecule has 0 bridgehead atoms. The van der Waals surface area contributed by atoms with Crippen LogP contribution in [-0.4, -0.2) is 0 Å². The summed E-state index contributed by atoms with van der Waals surface area (Å²) in [7, 11) is 0. The molecular weight excluding hydrogens is 216 g/mol. The van der Waals surface area contributed by atoms with Crippen molar-refractivity contribution in [3.05, 3.63) is 35.5 Å². The van der Waals surface area contributed by atoms with Crippen LogP contribution in [0.15, 0.2) is 35.5 Å². The van der Waals surface area contributed by atoms with E-state index in [4.69, 9.17) is 0 Å². The van der Waals surface area contributed by atoms with Gasteiger partial charge in [0.05, 0.1) is 0 Å². The first-order valence-electron chi connectivity index (χ1n) is 7.25. The molecule has 0 saturated heterocycles. The fourth-order valence-electron chi connectivity index (χ4n) is 2.81. The van der Waals surface area contributed by atoms with Crippen molar-refractivity contribution in [2.75, 3.05) is 0 Å². The lowest BCUT2D eigenvalue weighted by Crippen LogP contribution is -2.21. The number of hydrogen-bond acceptors (Lipinski definition) is 0. The van der Waals surface area contributed by atoms with Gasteiger partial charge >= 0.3 is 0 Å². The maximum Gasteiger partial charge on any atom is -0.0119 e. The number of hydrogen-bond donors (Lipinski definition) is 0. The van der Waals surface area contributed by atoms with Gasteiger partial charge in [0.1, 0.15) is 0 Å². The average Bonchev–Trinajstić information content (AvgIpc) is 2.41. The van der Waals surface area contributed by atoms with Crippen LogP contribution in [0.4, 0.5) is 0 Å². The molecule has 0 amide bonds. The molecule has 0 aromatic rings. The van der Waals surface area contributed by atoms with E-state index in [0.717, 1.165) is 6.42 Å². The van der Waals surface area contributed by atoms with E-state index < -0.39 is 0 Å². The van der Waals surface area contributed by atoms with E-state index in [0.29, 0.717) is 11.3 Å². The Labute approximate surface area is 114 Å². The lowest BCUT2D eigenvalue weighted by Gasteiger charge is -2.31. The summed E-state index contributed by atoms with van der Waals surface area (Å²) >= 11 is 0. The maximum absolute atomic E-state index is 2.41. The first-order chi connectivity index (χ1) is 8.16. The lowest BCUT2D eigenvalue weighted by molar-refractivity contribution is 0.276. The summed E-state index contributed by atoms with van der Waals surface area (Å²) in [6.45, 7) is 16.2. The second-order valence-corrected chi connectivity index (χ2v) is 7.51. The quantitative estimate of drug-likeness (QED) is 0.567. The van der Waals surface area contributed by atoms with Crippen LogP contribution in [0.25, 0.3) is 0 Å². The Hall–Kier alpha value is -0.780. The molecule has 0 heterocycles. The Kier molecular flexibility index (Phi) is 4.64. The molecule has 102 valence electrons. The van der Waals surface area contributed by atoms with Crippen LogP contribution in [0.5, 0.6) is 0 Å². The highest BCUT2D eigenvalue weighted by atomic mass is 14.3. The van der Waals surface area contributed by atoms with Gasteiger partial charge in [0.2, 0.25) is 0 Å². The summed E-state index contributed by atoms with van der Waals surface area (Å²) in [5.41, 5.74) is 3.57. The molecule has 0 aliphatic heterocycles. The standard InChI is InChI=1S/C18H30/c1-8-16(18(5,6)7)14-10-9-11-15(13-12-14)17(2,3)4/h10-13,16H,8-9H2,1-7H3. The minimum absolute atomic E-state index is 0.253. The summed E-state index contributed by atoms with van der Waals surface area (Å²) < 4.78 is 0. The van der Waals surface area contributed by atoms with Gasteiger partial charge in [0.15, 0.2) is 0 Å². The average molecular weight is 246 g/mol. The van der Waals surface area contributed by atoms with E-state index in [1.807, 2.05) is 0 Å². The summed E-state index contributed by atoms with van der Waals surface area (Å²) in [4.78, 5) is 0. The van der Waals surface area contributed by atoms with E-state index in [2.05, 4.69) is 72.8 Å². The summed E-state index contributed by atoms with van der Waals surface area (Å²) in [6.07, 6.45) is 11.7. The smallest absolute Gasteiger partial charge is 0.0119 e. The van der Waals surface area contributed by atoms with Crippen molar-refractivity contribution in [3.8, 4) is 0 Å². The molecule has 1 unspecified atom stereocenters. The zero-order chi connectivity index (χ0) is 14.0. The van der Waals surface area contributed by atoms with E-state index in [1.165, 1.54) is 17.6 Å². The van der Waals surface area contributed by atoms with Crippen molar-refractivity contribution in [2.45, 2.75) is 61.3 Å². The highest BCUT2D eigenvalue weighted by Crippen LogP contribution is 2.37. The fraction of sp³-hybridized carbons (Fsp3) is 0.667. The third kappa shape index (κ3) is 3.86. The highest BCUT2D eigenvalue weighted by Gasteiger charge is 2.26. The normalized spacial score (nSPS) is 19.1. The van der Waals surface area contributed by atoms with E-state index in [-0.39, 0.29) is 5.41 Å². The minimum Gasteiger partial charge on any atom is -0.0772 e. The van der Waals surface area contributed by atoms with Gasteiger partial charge < -0.3 is 0 Å². The molecule has 1 aliphatic carbocycles. The van der Waals surface area contributed by atoms with Gasteiger partial charge in [-0.05, 0) is 40.7 Å². The monoisotopic (exact) mass is 246 g/mol. The first-order valence-corrected chi connectivity index (χ1v) is 7.25. The Balaban J connectivity index is 2.95. The van der Waals surface area contributed by atoms with Crippen LogP contribution in [0.1, 0.15) is 61.3 Å². The van der Waals surface area contributed by atoms with Crippen molar-refractivity contribution in [2.24, 2.45) is 16.7 Å². The minimum atomic E-state index is 0.253. The Morgan fingerprint density at radius 1 is 1.00 bits per heavy atom. The topological polar surface area (TPSA) is 0 Å². The van der Waals surface area contributed by atoms with E-state index >= 15 is 0 Å². The molecule has 0 aromatic carbocycles. The zero-order valence-corrected chi connectivity index (χ0v) is 13.3. The molecule has 0 saturated carbocycles. The van der Waals surface area contributed by atoms with Crippen molar-refractivity contribution in [3.63, 3.8) is 0 Å². The molecule has 0 fully saturated rings. The first kappa shape index (κ1) is 15.3. The van der Waals surface area contributed by atoms with Crippen LogP contribution in [0.2, 0.25) is 0 Å². The molecule has 0 heteroatoms. The molecule has 0 N–H and O–H groups in total. The Morgan fingerprint density at radius 3 is 2.06 bits per heavy atom. The second kappa shape index (κ2) is 5.47. The van der Waals surface area contributed by atoms with Crippen molar-refractivity contribution in [1.82, 2.24) is 0 Å². The van der Waals surface area contributed by atoms with E-state index in [9.17, 15) is 0 Å². The number of rotatable bonds is 2. The van der Waals surface area contributed by atoms with Gasteiger partial charge in [-0.1, -0.05) is 72.8 Å². The maximum atomic E-state index is 2.41. The highest BCUT2D eigenvalue weighted by molar-refractivity contribution is 5.36. The molecule has 18 heavy (non-hydrogen) atoms. The van der Waals surface area contributed by atoms with Crippen molar-refractivity contribution in [1.29, 1.82) is 0 Å². The predicted molar refractivity (Wildman–Crippen MR) is 82.6 cm³/mol. The van der Waals surface area contributed by atoms with Crippen molar-refractivity contribution >= 4 is 0 Å². The van der Waals surface area contributed by atoms with Gasteiger partial charge in [0, 0.05) is 0 Å². The molecule has 1 aliphatic rings. The van der Waals surface area contributed by atoms with Gasteiger partial charge in [0.25, 0.3) is 0 Å². The largest absolute Gasteiger partial charge is 0.0772 e. The summed E-state index contributed by atoms with van der Waals surface area (Å²) in [5, 5.41) is 0. The lowest BCUT2D eigenvalue weighted by atomic mass is 9.74. The van der Waals surface area contributed by atoms with Crippen molar-refractivity contribution < 1.29 is 0 Å². The van der Waals surface area contributed by atoms with Gasteiger partial charge in [-0.3, -0.25) is 0 Å².